The number of rotatable bonds is 4. The van der Waals surface area contributed by atoms with Crippen molar-refractivity contribution < 1.29 is 0 Å². The largest absolute Gasteiger partial charge is 0.316 e. The van der Waals surface area contributed by atoms with Crippen LogP contribution in [0, 0.1) is 5.92 Å². The lowest BCUT2D eigenvalue weighted by Crippen LogP contribution is -2.10. The van der Waals surface area contributed by atoms with Crippen LogP contribution in [0.3, 0.4) is 0 Å². The van der Waals surface area contributed by atoms with Crippen molar-refractivity contribution in [3.05, 3.63) is 11.6 Å². The van der Waals surface area contributed by atoms with Crippen molar-refractivity contribution >= 4 is 0 Å². The van der Waals surface area contributed by atoms with Crippen LogP contribution in [0.2, 0.25) is 0 Å². The van der Waals surface area contributed by atoms with Gasteiger partial charge in [-0.2, -0.15) is 5.10 Å². The first-order chi connectivity index (χ1) is 7.66. The maximum absolute atomic E-state index is 4.60. The third-order valence-corrected chi connectivity index (χ3v) is 3.32. The second kappa shape index (κ2) is 4.95. The monoisotopic (exact) mass is 222 g/mol. The normalized spacial score (nSPS) is 20.9. The highest BCUT2D eigenvalue weighted by atomic mass is 15.3. The van der Waals surface area contributed by atoms with E-state index in [4.69, 9.17) is 0 Å². The van der Waals surface area contributed by atoms with Gasteiger partial charge in [0.05, 0.1) is 0 Å². The lowest BCUT2D eigenvalue weighted by molar-refractivity contribution is 0.515. The van der Waals surface area contributed by atoms with E-state index in [1.165, 1.54) is 25.9 Å². The Labute approximate surface area is 97.5 Å². The topological polar surface area (TPSA) is 42.7 Å². The maximum atomic E-state index is 4.60. The van der Waals surface area contributed by atoms with Gasteiger partial charge < -0.3 is 5.32 Å². The van der Waals surface area contributed by atoms with Crippen LogP contribution in [-0.2, 0) is 13.5 Å². The quantitative estimate of drug-likeness (QED) is 0.839. The molecule has 2 rings (SSSR count). The van der Waals surface area contributed by atoms with Crippen molar-refractivity contribution in [2.75, 3.05) is 13.1 Å². The Hall–Kier alpha value is -0.900. The highest BCUT2D eigenvalue weighted by molar-refractivity contribution is 4.97. The molecule has 4 heteroatoms. The van der Waals surface area contributed by atoms with Gasteiger partial charge in [-0.3, -0.25) is 4.68 Å². The van der Waals surface area contributed by atoms with E-state index in [1.807, 2.05) is 11.7 Å². The fraction of sp³-hybridized carbons (Fsp3) is 0.833. The molecule has 2 heterocycles. The van der Waals surface area contributed by atoms with Gasteiger partial charge in [0.2, 0.25) is 0 Å². The first kappa shape index (κ1) is 11.6. The Bertz CT molecular complexity index is 337. The Balaban J connectivity index is 1.92. The summed E-state index contributed by atoms with van der Waals surface area (Å²) >= 11 is 0. The van der Waals surface area contributed by atoms with Gasteiger partial charge in [0.1, 0.15) is 5.82 Å². The summed E-state index contributed by atoms with van der Waals surface area (Å²) in [7, 11) is 2.00. The van der Waals surface area contributed by atoms with E-state index < -0.39 is 0 Å². The molecule has 0 radical (unpaired) electrons. The van der Waals surface area contributed by atoms with Crippen molar-refractivity contribution in [1.82, 2.24) is 20.1 Å². The molecule has 1 N–H and O–H groups in total. The number of hydrogen-bond donors (Lipinski definition) is 1. The van der Waals surface area contributed by atoms with Gasteiger partial charge in [-0.1, -0.05) is 13.8 Å². The summed E-state index contributed by atoms with van der Waals surface area (Å²) in [6.07, 6.45) is 3.61. The smallest absolute Gasteiger partial charge is 0.153 e. The van der Waals surface area contributed by atoms with Crippen LogP contribution in [-0.4, -0.2) is 27.9 Å². The predicted molar refractivity (Wildman–Crippen MR) is 64.4 cm³/mol. The molecule has 1 fully saturated rings. The van der Waals surface area contributed by atoms with E-state index in [-0.39, 0.29) is 0 Å². The molecule has 1 saturated heterocycles. The molecule has 0 spiro atoms. The Morgan fingerprint density at radius 2 is 2.31 bits per heavy atom. The molecule has 1 unspecified atom stereocenters. The van der Waals surface area contributed by atoms with E-state index >= 15 is 0 Å². The summed E-state index contributed by atoms with van der Waals surface area (Å²) < 4.78 is 1.94. The number of aromatic nitrogens is 3. The molecule has 0 aliphatic carbocycles. The van der Waals surface area contributed by atoms with E-state index in [9.17, 15) is 0 Å². The number of hydrogen-bond acceptors (Lipinski definition) is 3. The molecule has 16 heavy (non-hydrogen) atoms. The molecule has 0 saturated carbocycles. The third-order valence-electron chi connectivity index (χ3n) is 3.32. The van der Waals surface area contributed by atoms with Crippen LogP contribution in [0.25, 0.3) is 0 Å². The first-order valence-corrected chi connectivity index (χ1v) is 6.27. The van der Waals surface area contributed by atoms with Crippen LogP contribution in [0.1, 0.15) is 44.3 Å². The zero-order chi connectivity index (χ0) is 11.5. The molecule has 90 valence electrons. The van der Waals surface area contributed by atoms with Gasteiger partial charge in [0, 0.05) is 19.4 Å². The van der Waals surface area contributed by atoms with E-state index in [0.717, 1.165) is 24.0 Å². The molecule has 0 aromatic carbocycles. The number of nitrogens with zero attached hydrogens (tertiary/aromatic N) is 3. The third kappa shape index (κ3) is 2.61. The van der Waals surface area contributed by atoms with Gasteiger partial charge in [0.25, 0.3) is 0 Å². The molecule has 1 aliphatic heterocycles. The van der Waals surface area contributed by atoms with Crippen LogP contribution in [0.5, 0.6) is 0 Å². The zero-order valence-electron chi connectivity index (χ0n) is 10.5. The molecular weight excluding hydrogens is 200 g/mol. The van der Waals surface area contributed by atoms with Gasteiger partial charge in [0.15, 0.2) is 5.82 Å². The van der Waals surface area contributed by atoms with Crippen LogP contribution >= 0.6 is 0 Å². The molecule has 1 aromatic heterocycles. The number of aryl methyl sites for hydroxylation is 2. The maximum Gasteiger partial charge on any atom is 0.153 e. The average molecular weight is 222 g/mol. The average Bonchev–Trinajstić information content (AvgIpc) is 2.84. The second-order valence-electron chi connectivity index (χ2n) is 5.06. The highest BCUT2D eigenvalue weighted by Crippen LogP contribution is 2.16. The molecule has 0 amide bonds. The summed E-state index contributed by atoms with van der Waals surface area (Å²) in [6.45, 7) is 6.63. The lowest BCUT2D eigenvalue weighted by Gasteiger charge is -2.06. The SMILES string of the molecule is CC(C)c1nc(CCC2CCNC2)n(C)n1. The lowest BCUT2D eigenvalue weighted by atomic mass is 10.0. The summed E-state index contributed by atoms with van der Waals surface area (Å²) in [5.74, 6) is 3.37. The van der Waals surface area contributed by atoms with Gasteiger partial charge in [-0.15, -0.1) is 0 Å². The minimum absolute atomic E-state index is 0.424. The fourth-order valence-corrected chi connectivity index (χ4v) is 2.19. The van der Waals surface area contributed by atoms with Gasteiger partial charge >= 0.3 is 0 Å². The van der Waals surface area contributed by atoms with Crippen molar-refractivity contribution in [3.63, 3.8) is 0 Å². The van der Waals surface area contributed by atoms with Gasteiger partial charge in [-0.05, 0) is 31.8 Å². The molecule has 1 aromatic rings. The molecule has 0 bridgehead atoms. The molecule has 1 aliphatic rings. The summed E-state index contributed by atoms with van der Waals surface area (Å²) in [5.41, 5.74) is 0. The van der Waals surface area contributed by atoms with E-state index in [2.05, 4.69) is 29.2 Å². The fourth-order valence-electron chi connectivity index (χ4n) is 2.19. The second-order valence-corrected chi connectivity index (χ2v) is 5.06. The van der Waals surface area contributed by atoms with E-state index in [1.54, 1.807) is 0 Å². The molecule has 4 nitrogen and oxygen atoms in total. The number of nitrogens with one attached hydrogen (secondary N) is 1. The summed E-state index contributed by atoms with van der Waals surface area (Å²) in [4.78, 5) is 4.60. The Kier molecular flexibility index (Phi) is 3.59. The van der Waals surface area contributed by atoms with Crippen molar-refractivity contribution in [3.8, 4) is 0 Å². The summed E-state index contributed by atoms with van der Waals surface area (Å²) in [5, 5.41) is 7.85. The molecule has 1 atom stereocenters. The molecular formula is C12H22N4. The standard InChI is InChI=1S/C12H22N4/c1-9(2)12-14-11(16(3)15-12)5-4-10-6-7-13-8-10/h9-10,13H,4-8H2,1-3H3. The van der Waals surface area contributed by atoms with E-state index in [0.29, 0.717) is 5.92 Å². The summed E-state index contributed by atoms with van der Waals surface area (Å²) in [6, 6.07) is 0. The van der Waals surface area contributed by atoms with Crippen molar-refractivity contribution in [2.45, 2.75) is 39.0 Å². The van der Waals surface area contributed by atoms with Gasteiger partial charge in [-0.25, -0.2) is 4.98 Å². The zero-order valence-corrected chi connectivity index (χ0v) is 10.5. The Morgan fingerprint density at radius 1 is 1.50 bits per heavy atom. The predicted octanol–water partition coefficient (Wildman–Crippen LogP) is 1.48. The first-order valence-electron chi connectivity index (χ1n) is 6.27. The van der Waals surface area contributed by atoms with Crippen molar-refractivity contribution in [2.24, 2.45) is 13.0 Å². The van der Waals surface area contributed by atoms with Crippen LogP contribution in [0.15, 0.2) is 0 Å². The highest BCUT2D eigenvalue weighted by Gasteiger charge is 2.16. The van der Waals surface area contributed by atoms with Crippen LogP contribution in [0.4, 0.5) is 0 Å². The minimum atomic E-state index is 0.424. The van der Waals surface area contributed by atoms with Crippen molar-refractivity contribution in [1.29, 1.82) is 0 Å². The minimum Gasteiger partial charge on any atom is -0.316 e. The Morgan fingerprint density at radius 3 is 2.88 bits per heavy atom. The van der Waals surface area contributed by atoms with Crippen LogP contribution < -0.4 is 5.32 Å².